The van der Waals surface area contributed by atoms with Crippen molar-refractivity contribution in [3.8, 4) is 11.5 Å². The quantitative estimate of drug-likeness (QED) is 0.356. The Labute approximate surface area is 101 Å². The number of fused-ring (bicyclic) bond motifs is 1. The minimum absolute atomic E-state index is 0.577. The first-order valence-electron chi connectivity index (χ1n) is 5.76. The number of aliphatic imine (C=N–C) groups is 1. The third-order valence-corrected chi connectivity index (χ3v) is 2.45. The van der Waals surface area contributed by atoms with Crippen LogP contribution < -0.4 is 20.7 Å². The molecular formula is C12H17N3O2. The Morgan fingerprint density at radius 2 is 2.12 bits per heavy atom. The van der Waals surface area contributed by atoms with Gasteiger partial charge in [-0.15, -0.1) is 0 Å². The van der Waals surface area contributed by atoms with E-state index < -0.39 is 0 Å². The summed E-state index contributed by atoms with van der Waals surface area (Å²) in [4.78, 5) is 4.36. The fourth-order valence-corrected chi connectivity index (χ4v) is 1.63. The minimum Gasteiger partial charge on any atom is -0.486 e. The molecule has 0 spiro atoms. The maximum absolute atomic E-state index is 5.51. The fraction of sp³-hybridized carbons (Fsp3) is 0.417. The van der Waals surface area contributed by atoms with Crippen LogP contribution in [0.25, 0.3) is 0 Å². The van der Waals surface area contributed by atoms with E-state index in [9.17, 15) is 0 Å². The largest absolute Gasteiger partial charge is 0.486 e. The highest BCUT2D eigenvalue weighted by atomic mass is 16.6. The van der Waals surface area contributed by atoms with E-state index in [-0.39, 0.29) is 0 Å². The van der Waals surface area contributed by atoms with Crippen LogP contribution in [0.2, 0.25) is 0 Å². The van der Waals surface area contributed by atoms with E-state index in [0.717, 1.165) is 30.0 Å². The molecule has 5 nitrogen and oxygen atoms in total. The van der Waals surface area contributed by atoms with Gasteiger partial charge in [0.2, 0.25) is 0 Å². The lowest BCUT2D eigenvalue weighted by Gasteiger charge is -2.19. The summed E-state index contributed by atoms with van der Waals surface area (Å²) in [6, 6.07) is 5.69. The molecule has 0 unspecified atom stereocenters. The Morgan fingerprint density at radius 3 is 2.82 bits per heavy atom. The first-order chi connectivity index (χ1) is 8.35. The summed E-state index contributed by atoms with van der Waals surface area (Å²) in [5.41, 5.74) is 3.52. The van der Waals surface area contributed by atoms with Crippen molar-refractivity contribution in [2.24, 2.45) is 10.8 Å². The van der Waals surface area contributed by atoms with Crippen LogP contribution in [0.3, 0.4) is 0 Å². The van der Waals surface area contributed by atoms with E-state index in [0.29, 0.717) is 19.0 Å². The molecule has 2 rings (SSSR count). The van der Waals surface area contributed by atoms with Gasteiger partial charge in [-0.3, -0.25) is 4.99 Å². The molecule has 0 radical (unpaired) electrons. The summed E-state index contributed by atoms with van der Waals surface area (Å²) in [7, 11) is 0. The number of rotatable bonds is 3. The first-order valence-corrected chi connectivity index (χ1v) is 5.76. The maximum Gasteiger partial charge on any atom is 0.162 e. The Kier molecular flexibility index (Phi) is 3.82. The van der Waals surface area contributed by atoms with E-state index in [1.807, 2.05) is 18.2 Å². The van der Waals surface area contributed by atoms with Gasteiger partial charge in [0.15, 0.2) is 11.5 Å². The molecule has 5 heteroatoms. The van der Waals surface area contributed by atoms with Crippen LogP contribution in [0.1, 0.15) is 18.9 Å². The molecule has 1 heterocycles. The number of nitrogens with zero attached hydrogens (tertiary/aromatic N) is 1. The monoisotopic (exact) mass is 235 g/mol. The molecule has 1 aliphatic heterocycles. The lowest BCUT2D eigenvalue weighted by molar-refractivity contribution is 0.171. The van der Waals surface area contributed by atoms with E-state index in [2.05, 4.69) is 17.3 Å². The van der Waals surface area contributed by atoms with Crippen molar-refractivity contribution in [1.82, 2.24) is 5.43 Å². The van der Waals surface area contributed by atoms with Crippen molar-refractivity contribution in [1.29, 1.82) is 0 Å². The van der Waals surface area contributed by atoms with Crippen LogP contribution in [0.15, 0.2) is 23.2 Å². The van der Waals surface area contributed by atoms with Gasteiger partial charge >= 0.3 is 0 Å². The van der Waals surface area contributed by atoms with Gasteiger partial charge in [-0.1, -0.05) is 6.92 Å². The second-order valence-electron chi connectivity index (χ2n) is 3.73. The molecule has 0 aromatic heterocycles. The Morgan fingerprint density at radius 1 is 1.35 bits per heavy atom. The molecule has 0 saturated heterocycles. The van der Waals surface area contributed by atoms with Crippen LogP contribution in [0.5, 0.6) is 11.5 Å². The van der Waals surface area contributed by atoms with Crippen molar-refractivity contribution in [2.45, 2.75) is 13.3 Å². The van der Waals surface area contributed by atoms with Gasteiger partial charge in [0.05, 0.1) is 0 Å². The zero-order valence-corrected chi connectivity index (χ0v) is 9.90. The van der Waals surface area contributed by atoms with Crippen LogP contribution in [0.4, 0.5) is 0 Å². The Hall–Kier alpha value is -1.75. The van der Waals surface area contributed by atoms with E-state index >= 15 is 0 Å². The van der Waals surface area contributed by atoms with Gasteiger partial charge < -0.3 is 14.9 Å². The predicted octanol–water partition coefficient (Wildman–Crippen LogP) is 1.08. The summed E-state index contributed by atoms with van der Waals surface area (Å²) in [6.07, 6.45) is 0.982. The molecule has 0 bridgehead atoms. The molecule has 0 atom stereocenters. The van der Waals surface area contributed by atoms with Crippen molar-refractivity contribution in [3.63, 3.8) is 0 Å². The third kappa shape index (κ3) is 2.68. The number of nitrogens with one attached hydrogen (secondary N) is 1. The molecule has 0 amide bonds. The smallest absolute Gasteiger partial charge is 0.162 e. The van der Waals surface area contributed by atoms with Crippen LogP contribution in [-0.4, -0.2) is 25.6 Å². The van der Waals surface area contributed by atoms with Gasteiger partial charge in [0.25, 0.3) is 0 Å². The summed E-state index contributed by atoms with van der Waals surface area (Å²) < 4.78 is 11.0. The van der Waals surface area contributed by atoms with Gasteiger partial charge in [-0.2, -0.15) is 0 Å². The highest BCUT2D eigenvalue weighted by Gasteiger charge is 2.13. The first kappa shape index (κ1) is 11.7. The normalized spacial score (nSPS) is 14.6. The second kappa shape index (κ2) is 5.54. The molecular weight excluding hydrogens is 218 g/mol. The van der Waals surface area contributed by atoms with Gasteiger partial charge in [0.1, 0.15) is 19.0 Å². The van der Waals surface area contributed by atoms with Gasteiger partial charge in [-0.05, 0) is 24.6 Å². The van der Waals surface area contributed by atoms with Crippen molar-refractivity contribution >= 4 is 5.84 Å². The lowest BCUT2D eigenvalue weighted by Crippen LogP contribution is -2.31. The molecule has 0 fully saturated rings. The highest BCUT2D eigenvalue weighted by Crippen LogP contribution is 2.30. The molecule has 0 saturated carbocycles. The molecule has 0 aliphatic carbocycles. The minimum atomic E-state index is 0.577. The lowest BCUT2D eigenvalue weighted by atomic mass is 10.1. The molecule has 17 heavy (non-hydrogen) atoms. The zero-order valence-electron chi connectivity index (χ0n) is 9.90. The van der Waals surface area contributed by atoms with E-state index in [1.54, 1.807) is 0 Å². The summed E-state index contributed by atoms with van der Waals surface area (Å²) in [5, 5.41) is 0. The maximum atomic E-state index is 5.51. The average molecular weight is 235 g/mol. The number of hydrazine groups is 1. The van der Waals surface area contributed by atoms with E-state index in [4.69, 9.17) is 15.3 Å². The molecule has 1 aromatic carbocycles. The number of nitrogens with two attached hydrogens (primary N) is 1. The fourth-order valence-electron chi connectivity index (χ4n) is 1.63. The topological polar surface area (TPSA) is 68.9 Å². The van der Waals surface area contributed by atoms with Crippen LogP contribution in [0, 0.1) is 0 Å². The number of hydrogen-bond acceptors (Lipinski definition) is 4. The van der Waals surface area contributed by atoms with Crippen molar-refractivity contribution < 1.29 is 9.47 Å². The zero-order chi connectivity index (χ0) is 12.1. The van der Waals surface area contributed by atoms with Crippen LogP contribution in [-0.2, 0) is 0 Å². The number of amidine groups is 1. The average Bonchev–Trinajstić information content (AvgIpc) is 2.39. The molecule has 1 aliphatic rings. The standard InChI is InChI=1S/C12H17N3O2/c1-2-5-14-12(15-13)9-3-4-10-11(8-9)17-7-6-16-10/h3-4,8H,2,5-7,13H2,1H3,(H,14,15). The SMILES string of the molecule is CCCN=C(NN)c1ccc2c(c1)OCCO2. The predicted molar refractivity (Wildman–Crippen MR) is 66.5 cm³/mol. The molecule has 1 aromatic rings. The molecule has 3 N–H and O–H groups in total. The summed E-state index contributed by atoms with van der Waals surface area (Å²) in [5.74, 6) is 7.65. The number of hydrogen-bond donors (Lipinski definition) is 2. The Bertz CT molecular complexity index is 418. The highest BCUT2D eigenvalue weighted by molar-refractivity contribution is 5.99. The number of benzene rings is 1. The van der Waals surface area contributed by atoms with E-state index in [1.165, 1.54) is 0 Å². The third-order valence-electron chi connectivity index (χ3n) is 2.45. The second-order valence-corrected chi connectivity index (χ2v) is 3.73. The van der Waals surface area contributed by atoms with Crippen molar-refractivity contribution in [2.75, 3.05) is 19.8 Å². The Balaban J connectivity index is 2.25. The molecule has 92 valence electrons. The summed E-state index contributed by atoms with van der Waals surface area (Å²) in [6.45, 7) is 3.99. The number of ether oxygens (including phenoxy) is 2. The van der Waals surface area contributed by atoms with Gasteiger partial charge in [0, 0.05) is 12.1 Å². The van der Waals surface area contributed by atoms with Gasteiger partial charge in [-0.25, -0.2) is 5.84 Å². The van der Waals surface area contributed by atoms with Crippen LogP contribution >= 0.6 is 0 Å². The summed E-state index contributed by atoms with van der Waals surface area (Å²) >= 11 is 0. The van der Waals surface area contributed by atoms with Crippen molar-refractivity contribution in [3.05, 3.63) is 23.8 Å².